The maximum absolute atomic E-state index is 15.2. The molecule has 0 radical (unpaired) electrons. The number of benzene rings is 2. The third-order valence-electron chi connectivity index (χ3n) is 13.2. The maximum atomic E-state index is 15.2. The second-order valence-corrected chi connectivity index (χ2v) is 17.9. The molecule has 0 atom stereocenters. The van der Waals surface area contributed by atoms with Crippen LogP contribution in [0, 0.1) is 37.1 Å². The highest BCUT2D eigenvalue weighted by atomic mass is 19.1. The number of halogens is 4. The van der Waals surface area contributed by atoms with E-state index in [1.54, 1.807) is 23.5 Å². The largest absolute Gasteiger partial charge is 0.378 e. The second kappa shape index (κ2) is 21.5. The van der Waals surface area contributed by atoms with Crippen molar-refractivity contribution in [3.8, 4) is 0 Å². The minimum atomic E-state index is -0.700. The molecule has 11 rings (SSSR count). The van der Waals surface area contributed by atoms with E-state index < -0.39 is 23.3 Å². The summed E-state index contributed by atoms with van der Waals surface area (Å²) in [5.74, 6) is -1.52. The van der Waals surface area contributed by atoms with Crippen LogP contribution in [0.1, 0.15) is 21.6 Å². The summed E-state index contributed by atoms with van der Waals surface area (Å²) < 4.78 is 69.4. The number of carbonyl (C=O) groups is 1. The molecule has 21 heteroatoms. The number of carbonyl (C=O) groups excluding carboxylic acids is 1. The van der Waals surface area contributed by atoms with Gasteiger partial charge in [-0.05, 0) is 26.0 Å². The number of nitrogens with one attached hydrogen (secondary N) is 3. The minimum Gasteiger partial charge on any atom is -0.378 e. The van der Waals surface area contributed by atoms with Crippen LogP contribution in [0.4, 0.5) is 63.3 Å². The van der Waals surface area contributed by atoms with Crippen molar-refractivity contribution in [3.05, 3.63) is 120 Å². The van der Waals surface area contributed by atoms with Crippen LogP contribution < -0.4 is 35.6 Å². The van der Waals surface area contributed by atoms with E-state index in [1.807, 2.05) is 37.1 Å². The van der Waals surface area contributed by atoms with Crippen molar-refractivity contribution in [1.29, 1.82) is 0 Å². The Hall–Kier alpha value is -7.49. The van der Waals surface area contributed by atoms with Crippen LogP contribution in [-0.4, -0.2) is 146 Å². The minimum absolute atomic E-state index is 0.185. The Morgan fingerprint density at radius 1 is 0.556 bits per heavy atom. The lowest BCUT2D eigenvalue weighted by molar-refractivity contribution is 0.0740. The van der Waals surface area contributed by atoms with E-state index in [0.717, 1.165) is 92.9 Å². The lowest BCUT2D eigenvalue weighted by Gasteiger charge is -2.36. The van der Waals surface area contributed by atoms with Crippen molar-refractivity contribution in [1.82, 2.24) is 40.1 Å². The molecule has 0 spiro atoms. The van der Waals surface area contributed by atoms with E-state index >= 15 is 4.39 Å². The van der Waals surface area contributed by atoms with Crippen LogP contribution >= 0.6 is 0 Å². The number of anilines is 8. The summed E-state index contributed by atoms with van der Waals surface area (Å²) in [6, 6.07) is 8.26. The number of aromatic nitrogens is 6. The van der Waals surface area contributed by atoms with E-state index in [4.69, 9.17) is 9.47 Å². The van der Waals surface area contributed by atoms with Gasteiger partial charge in [0.05, 0.1) is 113 Å². The number of ether oxygens (including phenoxy) is 2. The zero-order valence-corrected chi connectivity index (χ0v) is 40.0. The molecule has 7 aromatic rings. The fraction of sp³-hybridized carbons (Fsp3) is 0.353. The van der Waals surface area contributed by atoms with Crippen LogP contribution in [0.25, 0.3) is 21.8 Å². The van der Waals surface area contributed by atoms with Crippen LogP contribution in [0.5, 0.6) is 0 Å². The number of piperazine rings is 2. The smallest absolute Gasteiger partial charge is 0.274 e. The molecule has 4 aliphatic heterocycles. The molecule has 0 saturated carbocycles. The van der Waals surface area contributed by atoms with Crippen LogP contribution in [0.15, 0.2) is 79.8 Å². The zero-order chi connectivity index (χ0) is 49.7. The van der Waals surface area contributed by atoms with Gasteiger partial charge in [0.25, 0.3) is 5.91 Å². The van der Waals surface area contributed by atoms with Crippen molar-refractivity contribution in [2.24, 2.45) is 0 Å². The highest BCUT2D eigenvalue weighted by molar-refractivity contribution is 5.99. The van der Waals surface area contributed by atoms with Gasteiger partial charge in [-0.3, -0.25) is 19.7 Å². The van der Waals surface area contributed by atoms with E-state index in [1.165, 1.54) is 30.7 Å². The molecular weight excluding hydrogens is 933 g/mol. The van der Waals surface area contributed by atoms with Crippen molar-refractivity contribution < 1.29 is 31.8 Å². The Bertz CT molecular complexity index is 3080. The highest BCUT2D eigenvalue weighted by Gasteiger charge is 2.28. The lowest BCUT2D eigenvalue weighted by Crippen LogP contribution is -2.49. The number of pyridine rings is 4. The van der Waals surface area contributed by atoms with Crippen molar-refractivity contribution in [3.63, 3.8) is 0 Å². The molecule has 0 unspecified atom stereocenters. The summed E-state index contributed by atoms with van der Waals surface area (Å²) >= 11 is 0. The van der Waals surface area contributed by atoms with Gasteiger partial charge in [0.2, 0.25) is 0 Å². The molecule has 4 fully saturated rings. The molecular formula is C51H54F4N14O3. The van der Waals surface area contributed by atoms with Crippen molar-refractivity contribution in [2.75, 3.05) is 135 Å². The second-order valence-electron chi connectivity index (χ2n) is 17.9. The third-order valence-corrected chi connectivity index (χ3v) is 13.2. The zero-order valence-electron chi connectivity index (χ0n) is 40.0. The van der Waals surface area contributed by atoms with Gasteiger partial charge in [-0.15, -0.1) is 0 Å². The molecule has 4 aliphatic rings. The molecule has 2 aromatic carbocycles. The van der Waals surface area contributed by atoms with E-state index in [-0.39, 0.29) is 22.2 Å². The number of hydrogen-bond acceptors (Lipinski definition) is 16. The van der Waals surface area contributed by atoms with Gasteiger partial charge in [0.15, 0.2) is 0 Å². The summed E-state index contributed by atoms with van der Waals surface area (Å²) in [5, 5.41) is 10.5. The van der Waals surface area contributed by atoms with E-state index in [2.05, 4.69) is 60.6 Å². The Balaban J connectivity index is 0.000000170. The van der Waals surface area contributed by atoms with Gasteiger partial charge in [0.1, 0.15) is 40.6 Å². The first-order valence-corrected chi connectivity index (χ1v) is 24.0. The summed E-state index contributed by atoms with van der Waals surface area (Å²) in [4.78, 5) is 49.3. The molecule has 3 N–H and O–H groups in total. The summed E-state index contributed by atoms with van der Waals surface area (Å²) in [5.41, 5.74) is 6.72. The van der Waals surface area contributed by atoms with E-state index in [9.17, 15) is 18.0 Å². The molecule has 9 heterocycles. The van der Waals surface area contributed by atoms with Gasteiger partial charge < -0.3 is 49.9 Å². The first kappa shape index (κ1) is 48.2. The first-order chi connectivity index (χ1) is 35.1. The molecule has 374 valence electrons. The fourth-order valence-corrected chi connectivity index (χ4v) is 9.55. The monoisotopic (exact) mass is 986 g/mol. The Labute approximate surface area is 413 Å². The maximum Gasteiger partial charge on any atom is 0.274 e. The average molecular weight is 987 g/mol. The lowest BCUT2D eigenvalue weighted by atomic mass is 10.1. The van der Waals surface area contributed by atoms with Crippen LogP contribution in [-0.2, 0) is 9.47 Å². The number of amides is 1. The number of fused-ring (bicyclic) bond motifs is 2. The quantitative estimate of drug-likeness (QED) is 0.130. The number of nitrogens with zero attached hydrogens (tertiary/aromatic N) is 11. The predicted octanol–water partition coefficient (Wildman–Crippen LogP) is 6.76. The summed E-state index contributed by atoms with van der Waals surface area (Å²) in [6.45, 7) is 14.7. The topological polar surface area (TPSA) is 165 Å². The summed E-state index contributed by atoms with van der Waals surface area (Å²) in [6.07, 6.45) is 11.5. The van der Waals surface area contributed by atoms with Crippen molar-refractivity contribution in [2.45, 2.75) is 13.8 Å². The number of hydrogen-bond donors (Lipinski definition) is 3. The standard InChI is InChI=1S/C28H28F2N8O2.C23H26F2N6O/c1-18-26(34-20-14-21(16-32-15-20)36-8-10-40-11-9-36)25-22(30)12-19(29)13-23(25)35-27(18)37-4-6-38(7-5-37)28(39)24-17-31-2-3-33-24;1-15-22(28-17-12-18(14-27-13-17)30-6-8-32-9-7-30)21-19(25)10-16(24)11-20(21)29-23(15)31-4-2-26-3-5-31/h2-3,12-17H,4-11H2,1H3,(H,34,35);10-14,26H,2-9H2,1H3,(H,28,29). The molecule has 0 aliphatic carbocycles. The SMILES string of the molecule is Cc1c(N2CCN(C(=O)c3cnccn3)CC2)nc2cc(F)cc(F)c2c1Nc1cncc(N2CCOCC2)c1.Cc1c(N2CCNCC2)nc2cc(F)cc(F)c2c1Nc1cncc(N2CCOCC2)c1. The molecule has 0 bridgehead atoms. The number of rotatable bonds is 9. The van der Waals surface area contributed by atoms with E-state index in [0.29, 0.717) is 92.3 Å². The van der Waals surface area contributed by atoms with Crippen LogP contribution in [0.2, 0.25) is 0 Å². The number of morpholine rings is 2. The summed E-state index contributed by atoms with van der Waals surface area (Å²) in [7, 11) is 0. The fourth-order valence-electron chi connectivity index (χ4n) is 9.55. The van der Waals surface area contributed by atoms with Gasteiger partial charge in [-0.2, -0.15) is 0 Å². The van der Waals surface area contributed by atoms with Crippen molar-refractivity contribution >= 4 is 73.5 Å². The molecule has 72 heavy (non-hydrogen) atoms. The van der Waals surface area contributed by atoms with Gasteiger partial charge in [0, 0.05) is 126 Å². The Morgan fingerprint density at radius 2 is 1.04 bits per heavy atom. The average Bonchev–Trinajstić information content (AvgIpc) is 3.41. The molecule has 17 nitrogen and oxygen atoms in total. The molecule has 4 saturated heterocycles. The van der Waals surface area contributed by atoms with Gasteiger partial charge in [-0.25, -0.2) is 32.5 Å². The molecule has 1 amide bonds. The van der Waals surface area contributed by atoms with Crippen LogP contribution in [0.3, 0.4) is 0 Å². The highest BCUT2D eigenvalue weighted by Crippen LogP contribution is 2.39. The molecule has 5 aromatic heterocycles. The predicted molar refractivity (Wildman–Crippen MR) is 269 cm³/mol. The normalized spacial score (nSPS) is 16.4. The third kappa shape index (κ3) is 10.4. The Kier molecular flexibility index (Phi) is 14.4. The van der Waals surface area contributed by atoms with Gasteiger partial charge in [-0.1, -0.05) is 0 Å². The Morgan fingerprint density at radius 3 is 1.51 bits per heavy atom. The van der Waals surface area contributed by atoms with Gasteiger partial charge >= 0.3 is 0 Å². The first-order valence-electron chi connectivity index (χ1n) is 24.0.